The summed E-state index contributed by atoms with van der Waals surface area (Å²) >= 11 is 0. The first-order chi connectivity index (χ1) is 9.41. The Kier molecular flexibility index (Phi) is 10.4. The molecule has 0 aromatic heterocycles. The van der Waals surface area contributed by atoms with Gasteiger partial charge in [-0.05, 0) is 52.5 Å². The van der Waals surface area contributed by atoms with Crippen LogP contribution in [0.15, 0.2) is 47.6 Å². The van der Waals surface area contributed by atoms with Gasteiger partial charge in [0.2, 0.25) is 0 Å². The molecule has 0 atom stereocenters. The van der Waals surface area contributed by atoms with E-state index >= 15 is 0 Å². The standard InChI is InChI=1S/C18H28O2/c1-15(2)9-6-10-16(3)11-7-12-17(4)13-8-14-20-18(5)19/h8-9,11,13H,4,6-7,10,12,14H2,1-3,5H3. The molecule has 0 heterocycles. The van der Waals surface area contributed by atoms with Gasteiger partial charge in [-0.1, -0.05) is 41.5 Å². The van der Waals surface area contributed by atoms with Crippen molar-refractivity contribution in [2.24, 2.45) is 0 Å². The molecular weight excluding hydrogens is 248 g/mol. The zero-order valence-electron chi connectivity index (χ0n) is 13.4. The number of esters is 1. The molecule has 0 spiro atoms. The van der Waals surface area contributed by atoms with Crippen molar-refractivity contribution in [3.05, 3.63) is 47.6 Å². The molecule has 0 fully saturated rings. The number of carbonyl (C=O) groups is 1. The van der Waals surface area contributed by atoms with E-state index in [0.717, 1.165) is 31.3 Å². The van der Waals surface area contributed by atoms with Crippen LogP contribution in [-0.2, 0) is 9.53 Å². The van der Waals surface area contributed by atoms with Crippen LogP contribution in [0.2, 0.25) is 0 Å². The van der Waals surface area contributed by atoms with E-state index < -0.39 is 0 Å². The van der Waals surface area contributed by atoms with Crippen LogP contribution < -0.4 is 0 Å². The normalized spacial score (nSPS) is 11.5. The highest BCUT2D eigenvalue weighted by Gasteiger charge is 1.92. The summed E-state index contributed by atoms with van der Waals surface area (Å²) < 4.78 is 4.81. The van der Waals surface area contributed by atoms with Crippen LogP contribution in [0.4, 0.5) is 0 Å². The minimum atomic E-state index is -0.254. The Hall–Kier alpha value is -1.57. The van der Waals surface area contributed by atoms with Crippen molar-refractivity contribution in [1.29, 1.82) is 0 Å². The Bertz CT molecular complexity index is 394. The Balaban J connectivity index is 3.83. The van der Waals surface area contributed by atoms with Crippen LogP contribution in [0.1, 0.15) is 53.4 Å². The van der Waals surface area contributed by atoms with Crippen molar-refractivity contribution < 1.29 is 9.53 Å². The molecule has 0 saturated carbocycles. The van der Waals surface area contributed by atoms with Gasteiger partial charge in [0.05, 0.1) is 0 Å². The minimum absolute atomic E-state index is 0.254. The van der Waals surface area contributed by atoms with Gasteiger partial charge in [0.15, 0.2) is 0 Å². The summed E-state index contributed by atoms with van der Waals surface area (Å²) in [6.45, 7) is 12.2. The second-order valence-corrected chi connectivity index (χ2v) is 5.27. The first kappa shape index (κ1) is 18.4. The molecule has 0 saturated heterocycles. The fourth-order valence-corrected chi connectivity index (χ4v) is 1.66. The predicted molar refractivity (Wildman–Crippen MR) is 86.6 cm³/mol. The summed E-state index contributed by atoms with van der Waals surface area (Å²) in [6.07, 6.45) is 12.5. The highest BCUT2D eigenvalue weighted by molar-refractivity contribution is 5.66. The van der Waals surface area contributed by atoms with Crippen molar-refractivity contribution in [3.63, 3.8) is 0 Å². The van der Waals surface area contributed by atoms with Gasteiger partial charge in [0, 0.05) is 6.92 Å². The fourth-order valence-electron chi connectivity index (χ4n) is 1.66. The van der Waals surface area contributed by atoms with Gasteiger partial charge in [-0.2, -0.15) is 0 Å². The zero-order valence-corrected chi connectivity index (χ0v) is 13.4. The molecule has 0 unspecified atom stereocenters. The number of rotatable bonds is 9. The van der Waals surface area contributed by atoms with Gasteiger partial charge < -0.3 is 4.74 Å². The van der Waals surface area contributed by atoms with E-state index in [1.54, 1.807) is 0 Å². The fraction of sp³-hybridized carbons (Fsp3) is 0.500. The van der Waals surface area contributed by atoms with E-state index in [1.165, 1.54) is 18.1 Å². The molecular formula is C18H28O2. The Morgan fingerprint density at radius 2 is 1.70 bits per heavy atom. The molecule has 2 nitrogen and oxygen atoms in total. The van der Waals surface area contributed by atoms with E-state index in [-0.39, 0.29) is 5.97 Å². The molecule has 0 amide bonds. The lowest BCUT2D eigenvalue weighted by Crippen LogP contribution is -1.97. The Labute approximate surface area is 123 Å². The van der Waals surface area contributed by atoms with Crippen LogP contribution in [0.5, 0.6) is 0 Å². The molecule has 0 aromatic rings. The predicted octanol–water partition coefficient (Wildman–Crippen LogP) is 5.13. The van der Waals surface area contributed by atoms with E-state index in [4.69, 9.17) is 4.74 Å². The summed E-state index contributed by atoms with van der Waals surface area (Å²) in [6, 6.07) is 0. The van der Waals surface area contributed by atoms with Gasteiger partial charge >= 0.3 is 5.97 Å². The van der Waals surface area contributed by atoms with Crippen LogP contribution in [0.25, 0.3) is 0 Å². The third-order valence-corrected chi connectivity index (χ3v) is 2.79. The summed E-state index contributed by atoms with van der Waals surface area (Å²) in [7, 11) is 0. The Morgan fingerprint density at radius 3 is 2.30 bits per heavy atom. The largest absolute Gasteiger partial charge is 0.462 e. The first-order valence-corrected chi connectivity index (χ1v) is 7.18. The van der Waals surface area contributed by atoms with E-state index in [9.17, 15) is 4.79 Å². The second-order valence-electron chi connectivity index (χ2n) is 5.27. The van der Waals surface area contributed by atoms with Gasteiger partial charge in [0.25, 0.3) is 0 Å². The number of carbonyl (C=O) groups excluding carboxylic acids is 1. The van der Waals surface area contributed by atoms with Crippen LogP contribution in [0.3, 0.4) is 0 Å². The third-order valence-electron chi connectivity index (χ3n) is 2.79. The maximum atomic E-state index is 10.6. The highest BCUT2D eigenvalue weighted by Crippen LogP contribution is 2.11. The quantitative estimate of drug-likeness (QED) is 0.331. The summed E-state index contributed by atoms with van der Waals surface area (Å²) in [5.41, 5.74) is 3.87. The van der Waals surface area contributed by atoms with Crippen molar-refractivity contribution in [3.8, 4) is 0 Å². The van der Waals surface area contributed by atoms with Crippen LogP contribution in [0, 0.1) is 0 Å². The average Bonchev–Trinajstić information content (AvgIpc) is 2.34. The lowest BCUT2D eigenvalue weighted by Gasteiger charge is -2.01. The van der Waals surface area contributed by atoms with E-state index in [1.807, 2.05) is 12.2 Å². The molecule has 20 heavy (non-hydrogen) atoms. The smallest absolute Gasteiger partial charge is 0.302 e. The third kappa shape index (κ3) is 12.9. The second kappa shape index (κ2) is 11.3. The minimum Gasteiger partial charge on any atom is -0.462 e. The number of allylic oxidation sites excluding steroid dienone is 6. The van der Waals surface area contributed by atoms with Crippen molar-refractivity contribution in [2.45, 2.75) is 53.4 Å². The highest BCUT2D eigenvalue weighted by atomic mass is 16.5. The summed E-state index contributed by atoms with van der Waals surface area (Å²) in [5, 5.41) is 0. The lowest BCUT2D eigenvalue weighted by atomic mass is 10.1. The lowest BCUT2D eigenvalue weighted by molar-refractivity contribution is -0.139. The maximum absolute atomic E-state index is 10.6. The van der Waals surface area contributed by atoms with E-state index in [2.05, 4.69) is 39.5 Å². The van der Waals surface area contributed by atoms with Crippen molar-refractivity contribution >= 4 is 5.97 Å². The number of hydrogen-bond donors (Lipinski definition) is 0. The topological polar surface area (TPSA) is 26.3 Å². The summed E-state index contributed by atoms with van der Waals surface area (Å²) in [4.78, 5) is 10.6. The summed E-state index contributed by atoms with van der Waals surface area (Å²) in [5.74, 6) is -0.254. The SMILES string of the molecule is C=C(C=CCOC(C)=O)CCC=C(C)CCC=C(C)C. The molecule has 2 heteroatoms. The Morgan fingerprint density at radius 1 is 1.05 bits per heavy atom. The van der Waals surface area contributed by atoms with Crippen LogP contribution >= 0.6 is 0 Å². The van der Waals surface area contributed by atoms with Gasteiger partial charge in [-0.3, -0.25) is 4.79 Å². The average molecular weight is 276 g/mol. The number of hydrogen-bond acceptors (Lipinski definition) is 2. The molecule has 0 radical (unpaired) electrons. The molecule has 0 bridgehead atoms. The van der Waals surface area contributed by atoms with Gasteiger partial charge in [0.1, 0.15) is 6.61 Å². The maximum Gasteiger partial charge on any atom is 0.302 e. The van der Waals surface area contributed by atoms with Crippen molar-refractivity contribution in [1.82, 2.24) is 0 Å². The van der Waals surface area contributed by atoms with Crippen molar-refractivity contribution in [2.75, 3.05) is 6.61 Å². The van der Waals surface area contributed by atoms with E-state index in [0.29, 0.717) is 6.61 Å². The van der Waals surface area contributed by atoms with Crippen LogP contribution in [-0.4, -0.2) is 12.6 Å². The molecule has 0 aliphatic carbocycles. The van der Waals surface area contributed by atoms with Gasteiger partial charge in [-0.15, -0.1) is 0 Å². The molecule has 0 rings (SSSR count). The van der Waals surface area contributed by atoms with Gasteiger partial charge in [-0.25, -0.2) is 0 Å². The molecule has 0 aliphatic heterocycles. The first-order valence-electron chi connectivity index (χ1n) is 7.18. The molecule has 0 aliphatic rings. The molecule has 112 valence electrons. The molecule has 0 N–H and O–H groups in total. The molecule has 0 aromatic carbocycles. The zero-order chi connectivity index (χ0) is 15.4. The number of ether oxygens (including phenoxy) is 1. The monoisotopic (exact) mass is 276 g/mol.